The molecule has 0 bridgehead atoms. The summed E-state index contributed by atoms with van der Waals surface area (Å²) >= 11 is 10.7. The fourth-order valence-corrected chi connectivity index (χ4v) is 3.95. The minimum Gasteiger partial charge on any atom is -0.279 e. The third kappa shape index (κ3) is 3.63. The molecule has 1 N–H and O–H groups in total. The van der Waals surface area contributed by atoms with Crippen molar-refractivity contribution in [2.75, 3.05) is 4.72 Å². The maximum atomic E-state index is 13.4. The van der Waals surface area contributed by atoms with Gasteiger partial charge in [0.1, 0.15) is 5.82 Å². The predicted molar refractivity (Wildman–Crippen MR) is 89.1 cm³/mol. The lowest BCUT2D eigenvalue weighted by molar-refractivity contribution is 0.593. The van der Waals surface area contributed by atoms with Crippen LogP contribution in [0.2, 0.25) is 5.02 Å². The average Bonchev–Trinajstić information content (AvgIpc) is 2.36. The highest BCUT2D eigenvalue weighted by atomic mass is 127. The number of nitrogens with one attached hydrogen (secondary N) is 1. The second-order valence-electron chi connectivity index (χ2n) is 3.81. The van der Waals surface area contributed by atoms with Crippen LogP contribution in [0.25, 0.3) is 0 Å². The van der Waals surface area contributed by atoms with Gasteiger partial charge in [0.25, 0.3) is 10.0 Å². The van der Waals surface area contributed by atoms with E-state index in [4.69, 9.17) is 11.6 Å². The molecule has 0 fully saturated rings. The lowest BCUT2D eigenvalue weighted by Gasteiger charge is -2.10. The molecule has 0 aliphatic carbocycles. The number of rotatable bonds is 3. The van der Waals surface area contributed by atoms with Crippen LogP contribution >= 0.6 is 50.1 Å². The molecule has 2 aromatic carbocycles. The van der Waals surface area contributed by atoms with Gasteiger partial charge in [-0.1, -0.05) is 11.6 Å². The summed E-state index contributed by atoms with van der Waals surface area (Å²) in [6, 6.07) is 8.37. The molecule has 2 rings (SSSR count). The Balaban J connectivity index is 2.38. The molecule has 20 heavy (non-hydrogen) atoms. The molecule has 106 valence electrons. The topological polar surface area (TPSA) is 46.2 Å². The fourth-order valence-electron chi connectivity index (χ4n) is 1.42. The zero-order valence-corrected chi connectivity index (χ0v) is 15.0. The first-order valence-electron chi connectivity index (χ1n) is 5.22. The molecule has 0 spiro atoms. The Labute approximate surface area is 142 Å². The molecule has 0 unspecified atom stereocenters. The van der Waals surface area contributed by atoms with Gasteiger partial charge >= 0.3 is 0 Å². The molecule has 0 aliphatic rings. The van der Waals surface area contributed by atoms with E-state index in [1.165, 1.54) is 12.1 Å². The molecule has 2 aromatic rings. The van der Waals surface area contributed by atoms with Gasteiger partial charge in [0.05, 0.1) is 15.1 Å². The van der Waals surface area contributed by atoms with E-state index in [0.29, 0.717) is 14.3 Å². The average molecular weight is 491 g/mol. The summed E-state index contributed by atoms with van der Waals surface area (Å²) in [7, 11) is -3.85. The van der Waals surface area contributed by atoms with E-state index in [9.17, 15) is 12.8 Å². The third-order valence-corrected chi connectivity index (χ3v) is 5.51. The maximum absolute atomic E-state index is 13.4. The van der Waals surface area contributed by atoms with Crippen molar-refractivity contribution in [3.05, 3.63) is 55.3 Å². The van der Waals surface area contributed by atoms with Crippen molar-refractivity contribution in [1.82, 2.24) is 0 Å². The predicted octanol–water partition coefficient (Wildman–Crippen LogP) is 4.65. The lowest BCUT2D eigenvalue weighted by Crippen LogP contribution is -2.14. The Bertz CT molecular complexity index is 770. The number of halogens is 4. The third-order valence-electron chi connectivity index (χ3n) is 2.38. The van der Waals surface area contributed by atoms with Crippen LogP contribution in [0, 0.1) is 9.39 Å². The van der Waals surface area contributed by atoms with Crippen molar-refractivity contribution >= 4 is 65.8 Å². The van der Waals surface area contributed by atoms with Crippen LogP contribution in [0.4, 0.5) is 10.1 Å². The Kier molecular flexibility index (Phi) is 4.93. The monoisotopic (exact) mass is 489 g/mol. The van der Waals surface area contributed by atoms with Crippen molar-refractivity contribution < 1.29 is 12.8 Å². The van der Waals surface area contributed by atoms with Crippen LogP contribution < -0.4 is 4.72 Å². The molecule has 0 aromatic heterocycles. The molecule has 0 aliphatic heterocycles. The Hall–Kier alpha value is -0.380. The molecule has 0 heterocycles. The van der Waals surface area contributed by atoms with Gasteiger partial charge in [-0.3, -0.25) is 4.72 Å². The van der Waals surface area contributed by atoms with Crippen LogP contribution in [-0.4, -0.2) is 8.42 Å². The quantitative estimate of drug-likeness (QED) is 0.637. The molecule has 0 saturated carbocycles. The van der Waals surface area contributed by atoms with Crippen LogP contribution in [-0.2, 0) is 10.0 Å². The van der Waals surface area contributed by atoms with Gasteiger partial charge in [0.2, 0.25) is 0 Å². The Morgan fingerprint density at radius 3 is 2.50 bits per heavy atom. The van der Waals surface area contributed by atoms with Gasteiger partial charge in [-0.2, -0.15) is 0 Å². The molecular formula is C12H7BrClFINO2S. The highest BCUT2D eigenvalue weighted by Gasteiger charge is 2.17. The SMILES string of the molecule is O=S(=O)(Nc1ccc(Cl)cc1I)c1ccc(Br)c(F)c1. The van der Waals surface area contributed by atoms with E-state index in [2.05, 4.69) is 20.7 Å². The van der Waals surface area contributed by atoms with E-state index in [1.54, 1.807) is 18.2 Å². The maximum Gasteiger partial charge on any atom is 0.262 e. The van der Waals surface area contributed by atoms with Gasteiger partial charge in [-0.15, -0.1) is 0 Å². The van der Waals surface area contributed by atoms with Crippen LogP contribution in [0.15, 0.2) is 45.8 Å². The van der Waals surface area contributed by atoms with Crippen LogP contribution in [0.5, 0.6) is 0 Å². The van der Waals surface area contributed by atoms with Gasteiger partial charge < -0.3 is 0 Å². The summed E-state index contributed by atoms with van der Waals surface area (Å²) < 4.78 is 41.0. The van der Waals surface area contributed by atoms with Crippen molar-refractivity contribution in [2.24, 2.45) is 0 Å². The van der Waals surface area contributed by atoms with Gasteiger partial charge in [0, 0.05) is 8.59 Å². The van der Waals surface area contributed by atoms with Crippen molar-refractivity contribution in [3.8, 4) is 0 Å². The van der Waals surface area contributed by atoms with Gasteiger partial charge in [0.15, 0.2) is 0 Å². The second kappa shape index (κ2) is 6.17. The standard InChI is InChI=1S/C12H7BrClFINO2S/c13-9-3-2-8(6-10(9)15)20(18,19)17-12-4-1-7(14)5-11(12)16/h1-6,17H. The van der Waals surface area contributed by atoms with E-state index in [0.717, 1.165) is 6.07 Å². The molecule has 0 saturated heterocycles. The molecular weight excluding hydrogens is 483 g/mol. The summed E-state index contributed by atoms with van der Waals surface area (Å²) in [5, 5.41) is 0.507. The first-order chi connectivity index (χ1) is 9.29. The summed E-state index contributed by atoms with van der Waals surface area (Å²) in [6.45, 7) is 0. The number of anilines is 1. The normalized spacial score (nSPS) is 11.4. The highest BCUT2D eigenvalue weighted by Crippen LogP contribution is 2.26. The number of hydrogen-bond acceptors (Lipinski definition) is 2. The first-order valence-corrected chi connectivity index (χ1v) is 8.96. The molecule has 0 radical (unpaired) electrons. The highest BCUT2D eigenvalue weighted by molar-refractivity contribution is 14.1. The van der Waals surface area contributed by atoms with E-state index >= 15 is 0 Å². The molecule has 8 heteroatoms. The number of sulfonamides is 1. The van der Waals surface area contributed by atoms with Gasteiger partial charge in [-0.05, 0) is 74.9 Å². The Morgan fingerprint density at radius 2 is 1.90 bits per heavy atom. The number of hydrogen-bond donors (Lipinski definition) is 1. The van der Waals surface area contributed by atoms with Crippen molar-refractivity contribution in [1.29, 1.82) is 0 Å². The van der Waals surface area contributed by atoms with Crippen molar-refractivity contribution in [2.45, 2.75) is 4.90 Å². The molecule has 0 amide bonds. The second-order valence-corrected chi connectivity index (χ2v) is 7.94. The smallest absolute Gasteiger partial charge is 0.262 e. The summed E-state index contributed by atoms with van der Waals surface area (Å²) in [6.07, 6.45) is 0. The minimum atomic E-state index is -3.85. The summed E-state index contributed by atoms with van der Waals surface area (Å²) in [4.78, 5) is -0.149. The molecule has 3 nitrogen and oxygen atoms in total. The molecule has 0 atom stereocenters. The van der Waals surface area contributed by atoms with Crippen LogP contribution in [0.1, 0.15) is 0 Å². The zero-order chi connectivity index (χ0) is 14.9. The fraction of sp³-hybridized carbons (Fsp3) is 0. The minimum absolute atomic E-state index is 0.149. The van der Waals surface area contributed by atoms with Gasteiger partial charge in [-0.25, -0.2) is 12.8 Å². The summed E-state index contributed by atoms with van der Waals surface area (Å²) in [5.41, 5.74) is 0.387. The van der Waals surface area contributed by atoms with Crippen molar-refractivity contribution in [3.63, 3.8) is 0 Å². The largest absolute Gasteiger partial charge is 0.279 e. The van der Waals surface area contributed by atoms with E-state index in [1.807, 2.05) is 22.6 Å². The number of benzene rings is 2. The lowest BCUT2D eigenvalue weighted by atomic mass is 10.3. The Morgan fingerprint density at radius 1 is 1.20 bits per heavy atom. The first kappa shape index (κ1) is 16.0. The van der Waals surface area contributed by atoms with E-state index < -0.39 is 15.8 Å². The summed E-state index contributed by atoms with van der Waals surface area (Å²) in [5.74, 6) is -0.640. The zero-order valence-electron chi connectivity index (χ0n) is 9.70. The van der Waals surface area contributed by atoms with Crippen LogP contribution in [0.3, 0.4) is 0 Å². The van der Waals surface area contributed by atoms with E-state index in [-0.39, 0.29) is 9.37 Å².